The average Bonchev–Trinajstić information content (AvgIpc) is 2.32. The molecule has 1 fully saturated rings. The predicted molar refractivity (Wildman–Crippen MR) is 59.2 cm³/mol. The minimum atomic E-state index is -0.440. The first kappa shape index (κ1) is 11.5. The van der Waals surface area contributed by atoms with Crippen LogP contribution in [0, 0.1) is 5.82 Å². The molecule has 0 spiro atoms. The molecule has 1 aliphatic heterocycles. The third kappa shape index (κ3) is 2.25. The fourth-order valence-electron chi connectivity index (χ4n) is 1.81. The highest BCUT2D eigenvalue weighted by Gasteiger charge is 2.25. The summed E-state index contributed by atoms with van der Waals surface area (Å²) in [7, 11) is 0. The van der Waals surface area contributed by atoms with E-state index in [4.69, 9.17) is 16.3 Å². The zero-order valence-corrected chi connectivity index (χ0v) is 9.74. The molecule has 1 aromatic rings. The van der Waals surface area contributed by atoms with Crippen LogP contribution in [0.15, 0.2) is 6.20 Å². The van der Waals surface area contributed by atoms with Gasteiger partial charge in [0.1, 0.15) is 0 Å². The van der Waals surface area contributed by atoms with Gasteiger partial charge in [-0.2, -0.15) is 4.98 Å². The maximum Gasteiger partial charge on any atom is 0.224 e. The predicted octanol–water partition coefficient (Wildman–Crippen LogP) is 1.88. The molecule has 0 saturated carbocycles. The second kappa shape index (κ2) is 4.93. The molecule has 1 aliphatic rings. The maximum absolute atomic E-state index is 13.6. The van der Waals surface area contributed by atoms with E-state index in [1.165, 1.54) is 0 Å². The molecule has 0 aromatic carbocycles. The average molecular weight is 246 g/mol. The number of rotatable bonds is 2. The van der Waals surface area contributed by atoms with Gasteiger partial charge < -0.3 is 9.64 Å². The van der Waals surface area contributed by atoms with Crippen LogP contribution in [0.25, 0.3) is 0 Å². The zero-order valence-electron chi connectivity index (χ0n) is 8.99. The Labute approximate surface area is 98.4 Å². The van der Waals surface area contributed by atoms with Gasteiger partial charge in [0.2, 0.25) is 5.28 Å². The number of nitrogens with zero attached hydrogens (tertiary/aromatic N) is 3. The molecule has 4 nitrogen and oxygen atoms in total. The second-order valence-electron chi connectivity index (χ2n) is 3.64. The summed E-state index contributed by atoms with van der Waals surface area (Å²) in [5.41, 5.74) is 0. The highest BCUT2D eigenvalue weighted by Crippen LogP contribution is 2.22. The van der Waals surface area contributed by atoms with E-state index >= 15 is 0 Å². The van der Waals surface area contributed by atoms with Gasteiger partial charge in [0.15, 0.2) is 11.6 Å². The van der Waals surface area contributed by atoms with Gasteiger partial charge in [0.05, 0.1) is 25.5 Å². The van der Waals surface area contributed by atoms with Crippen molar-refractivity contribution in [1.29, 1.82) is 0 Å². The number of halogens is 2. The van der Waals surface area contributed by atoms with E-state index in [-0.39, 0.29) is 17.1 Å². The number of anilines is 1. The number of hydrogen-bond acceptors (Lipinski definition) is 4. The molecular formula is C10H13ClFN3O. The largest absolute Gasteiger partial charge is 0.377 e. The van der Waals surface area contributed by atoms with Gasteiger partial charge in [-0.25, -0.2) is 9.37 Å². The van der Waals surface area contributed by atoms with Gasteiger partial charge >= 0.3 is 0 Å². The summed E-state index contributed by atoms with van der Waals surface area (Å²) < 4.78 is 19.0. The Balaban J connectivity index is 2.30. The molecule has 0 radical (unpaired) electrons. The summed E-state index contributed by atoms with van der Waals surface area (Å²) in [4.78, 5) is 9.45. The lowest BCUT2D eigenvalue weighted by molar-refractivity contribution is 0.0921. The number of hydrogen-bond donors (Lipinski definition) is 0. The van der Waals surface area contributed by atoms with E-state index in [0.717, 1.165) is 12.6 Å². The molecule has 0 aliphatic carbocycles. The van der Waals surface area contributed by atoms with Crippen LogP contribution >= 0.6 is 11.6 Å². The van der Waals surface area contributed by atoms with Crippen LogP contribution in [0.2, 0.25) is 5.28 Å². The minimum absolute atomic E-state index is 0.0674. The van der Waals surface area contributed by atoms with Crippen molar-refractivity contribution in [2.45, 2.75) is 19.4 Å². The van der Waals surface area contributed by atoms with E-state index in [9.17, 15) is 4.39 Å². The van der Waals surface area contributed by atoms with E-state index in [0.29, 0.717) is 19.8 Å². The first-order valence-electron chi connectivity index (χ1n) is 5.24. The molecule has 16 heavy (non-hydrogen) atoms. The lowest BCUT2D eigenvalue weighted by Gasteiger charge is -2.35. The Morgan fingerprint density at radius 2 is 2.50 bits per heavy atom. The standard InChI is InChI=1S/C10H13ClFN3O/c1-2-7-6-16-4-3-15(7)9-8(12)5-13-10(11)14-9/h5,7H,2-4,6H2,1H3. The molecule has 0 bridgehead atoms. The first-order chi connectivity index (χ1) is 7.72. The monoisotopic (exact) mass is 245 g/mol. The topological polar surface area (TPSA) is 38.2 Å². The van der Waals surface area contributed by atoms with Crippen molar-refractivity contribution in [2.75, 3.05) is 24.7 Å². The van der Waals surface area contributed by atoms with Crippen molar-refractivity contribution in [3.05, 3.63) is 17.3 Å². The summed E-state index contributed by atoms with van der Waals surface area (Å²) in [6, 6.07) is 0.147. The molecule has 2 heterocycles. The lowest BCUT2D eigenvalue weighted by Crippen LogP contribution is -2.46. The summed E-state index contributed by atoms with van der Waals surface area (Å²) in [5.74, 6) is -0.167. The third-order valence-corrected chi connectivity index (χ3v) is 2.85. The van der Waals surface area contributed by atoms with Crippen molar-refractivity contribution < 1.29 is 9.13 Å². The van der Waals surface area contributed by atoms with Crippen LogP contribution in [-0.4, -0.2) is 35.8 Å². The minimum Gasteiger partial charge on any atom is -0.377 e. The quantitative estimate of drug-likeness (QED) is 0.746. The third-order valence-electron chi connectivity index (χ3n) is 2.67. The zero-order chi connectivity index (χ0) is 11.5. The van der Waals surface area contributed by atoms with E-state index in [2.05, 4.69) is 9.97 Å². The van der Waals surface area contributed by atoms with Crippen LogP contribution in [0.1, 0.15) is 13.3 Å². The smallest absolute Gasteiger partial charge is 0.224 e. The van der Waals surface area contributed by atoms with Gasteiger partial charge in [-0.15, -0.1) is 0 Å². The molecular weight excluding hydrogens is 233 g/mol. The highest BCUT2D eigenvalue weighted by molar-refractivity contribution is 6.28. The molecule has 0 amide bonds. The number of morpholine rings is 1. The van der Waals surface area contributed by atoms with Crippen molar-refractivity contribution >= 4 is 17.4 Å². The molecule has 2 rings (SSSR count). The van der Waals surface area contributed by atoms with Crippen molar-refractivity contribution in [3.8, 4) is 0 Å². The summed E-state index contributed by atoms with van der Waals surface area (Å²) >= 11 is 5.68. The van der Waals surface area contributed by atoms with Crippen LogP contribution < -0.4 is 4.90 Å². The number of aromatic nitrogens is 2. The molecule has 88 valence electrons. The molecule has 1 atom stereocenters. The fraction of sp³-hybridized carbons (Fsp3) is 0.600. The number of ether oxygens (including phenoxy) is 1. The molecule has 1 aromatic heterocycles. The summed E-state index contributed by atoms with van der Waals surface area (Å²) in [6.45, 7) is 3.84. The van der Waals surface area contributed by atoms with Crippen molar-refractivity contribution in [1.82, 2.24) is 9.97 Å². The normalized spacial score (nSPS) is 21.2. The van der Waals surface area contributed by atoms with Crippen LogP contribution in [-0.2, 0) is 4.74 Å². The Morgan fingerprint density at radius 3 is 3.25 bits per heavy atom. The first-order valence-corrected chi connectivity index (χ1v) is 5.62. The Hall–Kier alpha value is -0.940. The van der Waals surface area contributed by atoms with E-state index < -0.39 is 5.82 Å². The second-order valence-corrected chi connectivity index (χ2v) is 3.98. The summed E-state index contributed by atoms with van der Waals surface area (Å²) in [5, 5.41) is 0.0674. The summed E-state index contributed by atoms with van der Waals surface area (Å²) in [6.07, 6.45) is 1.98. The SMILES string of the molecule is CCC1COCCN1c1nc(Cl)ncc1F. The molecule has 1 unspecified atom stereocenters. The van der Waals surface area contributed by atoms with E-state index in [1.807, 2.05) is 11.8 Å². The Morgan fingerprint density at radius 1 is 1.69 bits per heavy atom. The van der Waals surface area contributed by atoms with E-state index in [1.54, 1.807) is 0 Å². The lowest BCUT2D eigenvalue weighted by atomic mass is 10.2. The Bertz CT molecular complexity index is 377. The van der Waals surface area contributed by atoms with Crippen LogP contribution in [0.3, 0.4) is 0 Å². The van der Waals surface area contributed by atoms with Gasteiger partial charge in [0, 0.05) is 6.54 Å². The Kier molecular flexibility index (Phi) is 3.56. The fourth-order valence-corrected chi connectivity index (χ4v) is 1.94. The van der Waals surface area contributed by atoms with Crippen molar-refractivity contribution in [3.63, 3.8) is 0 Å². The molecule has 1 saturated heterocycles. The van der Waals surface area contributed by atoms with Crippen LogP contribution in [0.4, 0.5) is 10.2 Å². The van der Waals surface area contributed by atoms with Gasteiger partial charge in [0.25, 0.3) is 0 Å². The molecule has 6 heteroatoms. The van der Waals surface area contributed by atoms with Crippen molar-refractivity contribution in [2.24, 2.45) is 0 Å². The maximum atomic E-state index is 13.6. The van der Waals surface area contributed by atoms with Gasteiger partial charge in [-0.1, -0.05) is 6.92 Å². The van der Waals surface area contributed by atoms with Crippen LogP contribution in [0.5, 0.6) is 0 Å². The van der Waals surface area contributed by atoms with Gasteiger partial charge in [-0.3, -0.25) is 0 Å². The molecule has 0 N–H and O–H groups in total. The highest BCUT2D eigenvalue weighted by atomic mass is 35.5. The van der Waals surface area contributed by atoms with Gasteiger partial charge in [-0.05, 0) is 18.0 Å².